The van der Waals surface area contributed by atoms with E-state index in [2.05, 4.69) is 0 Å². The molecule has 7 nitrogen and oxygen atoms in total. The molecule has 0 aromatic heterocycles. The van der Waals surface area contributed by atoms with Gasteiger partial charge in [-0.3, -0.25) is 4.79 Å². The maximum Gasteiger partial charge on any atom is 0.412 e. The highest BCUT2D eigenvalue weighted by Gasteiger charge is 2.43. The van der Waals surface area contributed by atoms with Crippen molar-refractivity contribution in [1.29, 1.82) is 0 Å². The van der Waals surface area contributed by atoms with Gasteiger partial charge < -0.3 is 13.7 Å². The fraction of sp³-hybridized carbons (Fsp3) is 0.533. The quantitative estimate of drug-likeness (QED) is 0.669. The average molecular weight is 412 g/mol. The van der Waals surface area contributed by atoms with Crippen LogP contribution in [0.15, 0.2) is 18.2 Å². The van der Waals surface area contributed by atoms with Crippen LogP contribution in [0.1, 0.15) is 26.3 Å². The van der Waals surface area contributed by atoms with Gasteiger partial charge in [0.25, 0.3) is 5.91 Å². The molecule has 1 aromatic rings. The van der Waals surface area contributed by atoms with Crippen LogP contribution >= 0.6 is 23.2 Å². The van der Waals surface area contributed by atoms with Crippen LogP contribution in [0.3, 0.4) is 0 Å². The number of hydrogen-bond donors (Lipinski definition) is 0. The van der Waals surface area contributed by atoms with Gasteiger partial charge in [-0.2, -0.15) is 8.42 Å². The third kappa shape index (κ3) is 3.97. The van der Waals surface area contributed by atoms with Crippen LogP contribution in [-0.2, 0) is 25.3 Å². The number of fused-ring (bicyclic) bond motifs is 1. The number of rotatable bonds is 6. The second-order valence-electron chi connectivity index (χ2n) is 5.93. The smallest absolute Gasteiger partial charge is 0.412 e. The van der Waals surface area contributed by atoms with E-state index in [1.807, 2.05) is 20.8 Å². The molecule has 0 saturated carbocycles. The van der Waals surface area contributed by atoms with Crippen molar-refractivity contribution in [2.75, 3.05) is 13.7 Å². The molecular formula is C15H19Cl2NO6S. The number of amides is 1. The number of halogens is 2. The van der Waals surface area contributed by atoms with E-state index in [1.165, 1.54) is 6.07 Å². The highest BCUT2D eigenvalue weighted by molar-refractivity contribution is 7.85. The van der Waals surface area contributed by atoms with Gasteiger partial charge in [-0.15, -0.1) is 0 Å². The molecular weight excluding hydrogens is 393 g/mol. The summed E-state index contributed by atoms with van der Waals surface area (Å²) in [7, 11) is -3.38. The maximum absolute atomic E-state index is 12.2. The summed E-state index contributed by atoms with van der Waals surface area (Å²) in [5.41, 5.74) is 0.230. The number of hydrogen-bond acceptors (Lipinski definition) is 6. The zero-order valence-corrected chi connectivity index (χ0v) is 16.5. The molecule has 0 fully saturated rings. The number of carbonyl (C=O) groups is 1. The Balaban J connectivity index is 2.27. The lowest BCUT2D eigenvalue weighted by molar-refractivity contribution is -0.124. The molecule has 1 heterocycles. The van der Waals surface area contributed by atoms with Crippen LogP contribution in [-0.4, -0.2) is 43.4 Å². The van der Waals surface area contributed by atoms with Crippen molar-refractivity contribution in [3.63, 3.8) is 0 Å². The first-order chi connectivity index (χ1) is 11.5. The van der Waals surface area contributed by atoms with E-state index < -0.39 is 32.8 Å². The van der Waals surface area contributed by atoms with Crippen molar-refractivity contribution in [2.45, 2.75) is 37.3 Å². The van der Waals surface area contributed by atoms with Crippen LogP contribution in [0.5, 0.6) is 11.5 Å². The minimum absolute atomic E-state index is 0.0351. The Bertz CT molecular complexity index is 765. The van der Waals surface area contributed by atoms with Gasteiger partial charge in [-0.25, -0.2) is 4.31 Å². The second-order valence-corrected chi connectivity index (χ2v) is 8.60. The Hall–Kier alpha value is -1.22. The summed E-state index contributed by atoms with van der Waals surface area (Å²) in [5.74, 6) is -0.392. The molecule has 1 aliphatic heterocycles. The first-order valence-corrected chi connectivity index (χ1v) is 9.67. The maximum atomic E-state index is 12.2. The molecule has 0 spiro atoms. The van der Waals surface area contributed by atoms with Crippen molar-refractivity contribution < 1.29 is 26.9 Å². The zero-order valence-electron chi connectivity index (χ0n) is 14.2. The van der Waals surface area contributed by atoms with Gasteiger partial charge in [0, 0.05) is 19.2 Å². The molecule has 0 N–H and O–H groups in total. The second kappa shape index (κ2) is 7.19. The summed E-state index contributed by atoms with van der Waals surface area (Å²) in [6.07, 6.45) is -0.489. The number of nitrogens with zero attached hydrogens (tertiary/aromatic N) is 1. The van der Waals surface area contributed by atoms with Gasteiger partial charge in [-0.1, -0.05) is 23.2 Å². The van der Waals surface area contributed by atoms with Crippen LogP contribution in [0.2, 0.25) is 0 Å². The molecule has 1 aromatic carbocycles. The van der Waals surface area contributed by atoms with E-state index in [-0.39, 0.29) is 5.75 Å². The fourth-order valence-corrected chi connectivity index (χ4v) is 3.57. The molecule has 1 atom stereocenters. The minimum atomic E-state index is -4.39. The molecule has 0 bridgehead atoms. The van der Waals surface area contributed by atoms with Gasteiger partial charge in [0.05, 0.1) is 5.41 Å². The lowest BCUT2D eigenvalue weighted by Gasteiger charge is -2.25. The molecule has 1 amide bonds. The molecule has 25 heavy (non-hydrogen) atoms. The molecule has 0 radical (unpaired) electrons. The van der Waals surface area contributed by atoms with Gasteiger partial charge in [0.15, 0.2) is 4.84 Å². The Morgan fingerprint density at radius 2 is 2.04 bits per heavy atom. The zero-order chi connectivity index (χ0) is 19.0. The van der Waals surface area contributed by atoms with Crippen molar-refractivity contribution in [3.05, 3.63) is 23.8 Å². The normalized spacial score (nSPS) is 18.6. The fourth-order valence-electron chi connectivity index (χ4n) is 2.38. The van der Waals surface area contributed by atoms with E-state index in [1.54, 1.807) is 12.1 Å². The van der Waals surface area contributed by atoms with Gasteiger partial charge in [0.2, 0.25) is 6.29 Å². The van der Waals surface area contributed by atoms with Gasteiger partial charge in [0.1, 0.15) is 11.5 Å². The number of ether oxygens (including phenoxy) is 2. The number of benzene rings is 1. The monoisotopic (exact) mass is 411 g/mol. The van der Waals surface area contributed by atoms with Crippen LogP contribution in [0.4, 0.5) is 0 Å². The third-order valence-corrected chi connectivity index (χ3v) is 5.45. The molecule has 1 aliphatic rings. The first kappa shape index (κ1) is 20.1. The molecule has 140 valence electrons. The molecule has 10 heteroatoms. The van der Waals surface area contributed by atoms with E-state index in [9.17, 15) is 13.2 Å². The van der Waals surface area contributed by atoms with Crippen LogP contribution in [0.25, 0.3) is 0 Å². The predicted octanol–water partition coefficient (Wildman–Crippen LogP) is 2.60. The van der Waals surface area contributed by atoms with Crippen molar-refractivity contribution in [1.82, 2.24) is 4.31 Å². The van der Waals surface area contributed by atoms with E-state index in [4.69, 9.17) is 36.9 Å². The number of alkyl halides is 2. The van der Waals surface area contributed by atoms with E-state index in [0.717, 1.165) is 12.6 Å². The highest BCUT2D eigenvalue weighted by Crippen LogP contribution is 2.44. The summed E-state index contributed by atoms with van der Waals surface area (Å²) in [6.45, 7) is 6.17. The molecule has 0 saturated heterocycles. The Morgan fingerprint density at radius 3 is 2.60 bits per heavy atom. The summed E-state index contributed by atoms with van der Waals surface area (Å²) in [6, 6.07) is 4.57. The SMILES string of the molecule is CCOC1Oc2ccc(OS(=O)(=O)N(C)C(=O)C(Cl)Cl)cc2C1(C)C. The van der Waals surface area contributed by atoms with Gasteiger partial charge >= 0.3 is 10.3 Å². The van der Waals surface area contributed by atoms with Gasteiger partial charge in [-0.05, 0) is 39.0 Å². The van der Waals surface area contributed by atoms with Crippen LogP contribution < -0.4 is 8.92 Å². The van der Waals surface area contributed by atoms with E-state index >= 15 is 0 Å². The lowest BCUT2D eigenvalue weighted by atomic mass is 9.85. The molecule has 2 rings (SSSR count). The lowest BCUT2D eigenvalue weighted by Crippen LogP contribution is -2.39. The average Bonchev–Trinajstić information content (AvgIpc) is 2.77. The predicted molar refractivity (Wildman–Crippen MR) is 93.3 cm³/mol. The Morgan fingerprint density at radius 1 is 1.40 bits per heavy atom. The van der Waals surface area contributed by atoms with Crippen molar-refractivity contribution in [2.24, 2.45) is 0 Å². The van der Waals surface area contributed by atoms with Crippen molar-refractivity contribution >= 4 is 39.4 Å². The Labute approximate surface area is 157 Å². The van der Waals surface area contributed by atoms with Crippen molar-refractivity contribution in [3.8, 4) is 11.5 Å². The first-order valence-electron chi connectivity index (χ1n) is 7.43. The number of carbonyl (C=O) groups excluding carboxylic acids is 1. The third-order valence-electron chi connectivity index (χ3n) is 3.82. The topological polar surface area (TPSA) is 82.1 Å². The highest BCUT2D eigenvalue weighted by atomic mass is 35.5. The molecule has 0 aliphatic carbocycles. The standard InChI is InChI=1S/C15H19Cl2NO6S/c1-5-22-14-15(2,3)10-8-9(6-7-11(10)23-14)24-25(20,21)18(4)13(19)12(16)17/h6-8,12,14H,5H2,1-4H3. The summed E-state index contributed by atoms with van der Waals surface area (Å²) >= 11 is 10.8. The van der Waals surface area contributed by atoms with Crippen LogP contribution in [0, 0.1) is 0 Å². The largest absolute Gasteiger partial charge is 0.464 e. The van der Waals surface area contributed by atoms with E-state index in [0.29, 0.717) is 16.7 Å². The molecule has 1 unspecified atom stereocenters. The minimum Gasteiger partial charge on any atom is -0.464 e. The summed E-state index contributed by atoms with van der Waals surface area (Å²) < 4.78 is 41.0. The summed E-state index contributed by atoms with van der Waals surface area (Å²) in [5, 5.41) is 0. The Kier molecular flexibility index (Phi) is 5.78. The summed E-state index contributed by atoms with van der Waals surface area (Å²) in [4.78, 5) is 10.1.